The summed E-state index contributed by atoms with van der Waals surface area (Å²) in [6.45, 7) is 2.34. The van der Waals surface area contributed by atoms with Gasteiger partial charge in [-0.25, -0.2) is 4.39 Å². The molecule has 5 heteroatoms. The maximum atomic E-state index is 14.0. The van der Waals surface area contributed by atoms with Crippen molar-refractivity contribution in [2.75, 3.05) is 6.54 Å². The van der Waals surface area contributed by atoms with Crippen molar-refractivity contribution in [3.8, 4) is 12.1 Å². The Morgan fingerprint density at radius 1 is 1.37 bits per heavy atom. The Bertz CT molecular complexity index is 568. The van der Waals surface area contributed by atoms with Crippen LogP contribution in [0.3, 0.4) is 0 Å². The van der Waals surface area contributed by atoms with E-state index in [0.29, 0.717) is 12.1 Å². The van der Waals surface area contributed by atoms with Crippen LogP contribution in [0, 0.1) is 40.3 Å². The van der Waals surface area contributed by atoms with E-state index in [2.05, 4.69) is 10.5 Å². The van der Waals surface area contributed by atoms with E-state index in [-0.39, 0.29) is 11.7 Å². The molecular weight excluding hydrogens is 243 g/mol. The number of benzene rings is 1. The largest absolute Gasteiger partial charge is 0.309 e. The van der Waals surface area contributed by atoms with Crippen molar-refractivity contribution in [1.82, 2.24) is 5.43 Å². The first-order chi connectivity index (χ1) is 9.19. The number of hydrogen-bond acceptors (Lipinski definition) is 4. The third-order valence-electron chi connectivity index (χ3n) is 3.44. The Morgan fingerprint density at radius 3 is 2.58 bits per heavy atom. The van der Waals surface area contributed by atoms with Gasteiger partial charge in [-0.15, -0.1) is 0 Å². The third-order valence-corrected chi connectivity index (χ3v) is 3.44. The molecule has 0 spiro atoms. The monoisotopic (exact) mass is 256 g/mol. The van der Waals surface area contributed by atoms with E-state index < -0.39 is 11.8 Å². The van der Waals surface area contributed by atoms with E-state index >= 15 is 0 Å². The van der Waals surface area contributed by atoms with Gasteiger partial charge in [0.2, 0.25) is 0 Å². The average Bonchev–Trinajstić information content (AvgIpc) is 2.83. The van der Waals surface area contributed by atoms with Crippen molar-refractivity contribution in [2.45, 2.75) is 12.8 Å². The van der Waals surface area contributed by atoms with Crippen LogP contribution in [0.1, 0.15) is 18.4 Å². The number of nitrogens with zero attached hydrogens (tertiary/aromatic N) is 3. The van der Waals surface area contributed by atoms with E-state index in [4.69, 9.17) is 10.5 Å². The molecule has 0 aromatic heterocycles. The topological polar surface area (TPSA) is 72.0 Å². The molecular formula is C14H13FN4. The van der Waals surface area contributed by atoms with Crippen molar-refractivity contribution in [3.05, 3.63) is 35.6 Å². The van der Waals surface area contributed by atoms with E-state index in [9.17, 15) is 4.39 Å². The Balaban J connectivity index is 2.47. The molecule has 19 heavy (non-hydrogen) atoms. The summed E-state index contributed by atoms with van der Waals surface area (Å²) in [5, 5.41) is 22.4. The van der Waals surface area contributed by atoms with Gasteiger partial charge in [0.05, 0.1) is 12.1 Å². The molecule has 0 aliphatic carbocycles. The van der Waals surface area contributed by atoms with Crippen LogP contribution in [0.15, 0.2) is 29.4 Å². The van der Waals surface area contributed by atoms with Crippen molar-refractivity contribution in [2.24, 2.45) is 16.9 Å². The highest BCUT2D eigenvalue weighted by Crippen LogP contribution is 2.35. The summed E-state index contributed by atoms with van der Waals surface area (Å²) in [6.07, 6.45) is 0. The fraction of sp³-hybridized carbons (Fsp3) is 0.357. The molecule has 2 unspecified atom stereocenters. The van der Waals surface area contributed by atoms with Gasteiger partial charge < -0.3 is 5.43 Å². The molecule has 1 N–H and O–H groups in total. The van der Waals surface area contributed by atoms with E-state index in [1.54, 1.807) is 18.2 Å². The molecule has 2 rings (SSSR count). The molecule has 0 saturated heterocycles. The molecule has 1 aliphatic rings. The van der Waals surface area contributed by atoms with E-state index in [1.807, 2.05) is 19.1 Å². The Kier molecular flexibility index (Phi) is 3.77. The minimum atomic E-state index is -0.896. The predicted octanol–water partition coefficient (Wildman–Crippen LogP) is 2.17. The lowest BCUT2D eigenvalue weighted by Crippen LogP contribution is -2.28. The maximum absolute atomic E-state index is 14.0. The minimum absolute atomic E-state index is 0.138. The first-order valence-electron chi connectivity index (χ1n) is 5.99. The van der Waals surface area contributed by atoms with Gasteiger partial charge in [0.25, 0.3) is 0 Å². The molecule has 0 amide bonds. The summed E-state index contributed by atoms with van der Waals surface area (Å²) >= 11 is 0. The van der Waals surface area contributed by atoms with Crippen LogP contribution in [0.25, 0.3) is 0 Å². The first-order valence-corrected chi connectivity index (χ1v) is 5.99. The fourth-order valence-electron chi connectivity index (χ4n) is 2.45. The standard InChI is InChI=1S/C14H13FN4/c1-9-12(8-18-19-9)14(10(6-16)7-17)11-4-2-3-5-13(11)15/h2-5,10,12,14,18H,8H2,1H3. The summed E-state index contributed by atoms with van der Waals surface area (Å²) in [6, 6.07) is 10.2. The summed E-state index contributed by atoms with van der Waals surface area (Å²) in [5.41, 5.74) is 4.04. The fourth-order valence-corrected chi connectivity index (χ4v) is 2.45. The quantitative estimate of drug-likeness (QED) is 0.900. The number of rotatable bonds is 3. The second kappa shape index (κ2) is 5.49. The molecule has 2 atom stereocenters. The van der Waals surface area contributed by atoms with Crippen molar-refractivity contribution < 1.29 is 4.39 Å². The molecule has 96 valence electrons. The Morgan fingerprint density at radius 2 is 2.05 bits per heavy atom. The van der Waals surface area contributed by atoms with Gasteiger partial charge in [0.15, 0.2) is 0 Å². The van der Waals surface area contributed by atoms with Gasteiger partial charge in [-0.05, 0) is 18.6 Å². The van der Waals surface area contributed by atoms with Crippen LogP contribution in [0.2, 0.25) is 0 Å². The van der Waals surface area contributed by atoms with Gasteiger partial charge in [-0.2, -0.15) is 15.6 Å². The van der Waals surface area contributed by atoms with Crippen LogP contribution >= 0.6 is 0 Å². The van der Waals surface area contributed by atoms with Crippen molar-refractivity contribution >= 4 is 5.71 Å². The normalized spacial score (nSPS) is 19.2. The Hall–Kier alpha value is -2.40. The molecule has 4 nitrogen and oxygen atoms in total. The highest BCUT2D eigenvalue weighted by Gasteiger charge is 2.36. The average molecular weight is 256 g/mol. The van der Waals surface area contributed by atoms with Gasteiger partial charge in [0, 0.05) is 24.1 Å². The lowest BCUT2D eigenvalue weighted by atomic mass is 9.76. The van der Waals surface area contributed by atoms with Gasteiger partial charge in [-0.1, -0.05) is 18.2 Å². The number of halogens is 1. The van der Waals surface area contributed by atoms with Crippen LogP contribution in [0.5, 0.6) is 0 Å². The smallest absolute Gasteiger partial charge is 0.140 e. The van der Waals surface area contributed by atoms with Crippen molar-refractivity contribution in [3.63, 3.8) is 0 Å². The van der Waals surface area contributed by atoms with Crippen molar-refractivity contribution in [1.29, 1.82) is 10.5 Å². The van der Waals surface area contributed by atoms with Crippen LogP contribution in [0.4, 0.5) is 4.39 Å². The number of hydrazone groups is 1. The molecule has 1 aromatic rings. The van der Waals surface area contributed by atoms with Crippen LogP contribution in [-0.2, 0) is 0 Å². The SMILES string of the molecule is CC1=NNCC1C(c1ccccc1F)C(C#N)C#N. The lowest BCUT2D eigenvalue weighted by molar-refractivity contribution is 0.463. The minimum Gasteiger partial charge on any atom is -0.309 e. The summed E-state index contributed by atoms with van der Waals surface area (Å²) in [7, 11) is 0. The second-order valence-corrected chi connectivity index (χ2v) is 4.51. The van der Waals surface area contributed by atoms with Gasteiger partial charge in [-0.3, -0.25) is 0 Å². The summed E-state index contributed by atoms with van der Waals surface area (Å²) in [5.74, 6) is -1.93. The zero-order valence-corrected chi connectivity index (χ0v) is 10.5. The molecule has 0 saturated carbocycles. The van der Waals surface area contributed by atoms with Crippen LogP contribution < -0.4 is 5.43 Å². The van der Waals surface area contributed by atoms with Crippen LogP contribution in [-0.4, -0.2) is 12.3 Å². The summed E-state index contributed by atoms with van der Waals surface area (Å²) in [4.78, 5) is 0. The van der Waals surface area contributed by atoms with E-state index in [1.165, 1.54) is 6.07 Å². The third kappa shape index (κ3) is 2.41. The van der Waals surface area contributed by atoms with Gasteiger partial charge in [0.1, 0.15) is 11.7 Å². The lowest BCUT2D eigenvalue weighted by Gasteiger charge is -2.24. The molecule has 1 aliphatic heterocycles. The van der Waals surface area contributed by atoms with Gasteiger partial charge >= 0.3 is 0 Å². The zero-order chi connectivity index (χ0) is 13.8. The highest BCUT2D eigenvalue weighted by atomic mass is 19.1. The number of nitrogens with one attached hydrogen (secondary N) is 1. The zero-order valence-electron chi connectivity index (χ0n) is 10.5. The predicted molar refractivity (Wildman–Crippen MR) is 68.5 cm³/mol. The Labute approximate surface area is 111 Å². The molecule has 1 aromatic carbocycles. The summed E-state index contributed by atoms with van der Waals surface area (Å²) < 4.78 is 14.0. The molecule has 0 radical (unpaired) electrons. The number of nitriles is 2. The maximum Gasteiger partial charge on any atom is 0.140 e. The molecule has 1 heterocycles. The second-order valence-electron chi connectivity index (χ2n) is 4.51. The molecule has 0 fully saturated rings. The first kappa shape index (κ1) is 13.0. The highest BCUT2D eigenvalue weighted by molar-refractivity contribution is 5.86. The van der Waals surface area contributed by atoms with E-state index in [0.717, 1.165) is 5.71 Å². The number of hydrogen-bond donors (Lipinski definition) is 1. The molecule has 0 bridgehead atoms.